The zero-order valence-electron chi connectivity index (χ0n) is 13.4. The third kappa shape index (κ3) is 3.20. The fourth-order valence-electron chi connectivity index (χ4n) is 3.06. The van der Waals surface area contributed by atoms with Crippen LogP contribution in [0.2, 0.25) is 0 Å². The summed E-state index contributed by atoms with van der Waals surface area (Å²) < 4.78 is 1.94. The predicted octanol–water partition coefficient (Wildman–Crippen LogP) is 4.02. The summed E-state index contributed by atoms with van der Waals surface area (Å²) in [6.07, 6.45) is 10.6. The second-order valence-corrected chi connectivity index (χ2v) is 7.27. The van der Waals surface area contributed by atoms with Crippen molar-refractivity contribution in [1.82, 2.24) is 14.6 Å². The molecule has 0 bridgehead atoms. The van der Waals surface area contributed by atoms with Crippen molar-refractivity contribution in [3.63, 3.8) is 0 Å². The Morgan fingerprint density at radius 2 is 2.00 bits per heavy atom. The molecule has 0 saturated heterocycles. The molecule has 4 nitrogen and oxygen atoms in total. The van der Waals surface area contributed by atoms with E-state index in [1.807, 2.05) is 16.9 Å². The van der Waals surface area contributed by atoms with Crippen LogP contribution in [0.1, 0.15) is 58.6 Å². The summed E-state index contributed by atoms with van der Waals surface area (Å²) in [5.74, 6) is 1.76. The minimum atomic E-state index is 0.0622. The molecular formula is C17H26N4. The Balaban J connectivity index is 1.79. The third-order valence-electron chi connectivity index (χ3n) is 4.44. The van der Waals surface area contributed by atoms with Gasteiger partial charge < -0.3 is 5.32 Å². The van der Waals surface area contributed by atoms with Crippen LogP contribution in [-0.4, -0.2) is 21.1 Å². The van der Waals surface area contributed by atoms with Crippen molar-refractivity contribution < 1.29 is 0 Å². The monoisotopic (exact) mass is 286 g/mol. The highest BCUT2D eigenvalue weighted by Gasteiger charge is 2.19. The molecule has 0 spiro atoms. The lowest BCUT2D eigenvalue weighted by atomic mass is 9.89. The van der Waals surface area contributed by atoms with Gasteiger partial charge in [-0.15, -0.1) is 0 Å². The highest BCUT2D eigenvalue weighted by atomic mass is 15.2. The second-order valence-electron chi connectivity index (χ2n) is 7.27. The molecule has 0 aromatic carbocycles. The standard InChI is InChI=1S/C17H26N4/c1-17(2,3)15-11-14-16(18-9-10-21(14)20-15)19-12-13-7-5-4-6-8-13/h9-11,13H,4-8,12H2,1-3H3,(H,18,19). The molecule has 1 saturated carbocycles. The van der Waals surface area contributed by atoms with Gasteiger partial charge in [-0.25, -0.2) is 9.50 Å². The van der Waals surface area contributed by atoms with Crippen molar-refractivity contribution in [3.8, 4) is 0 Å². The average molecular weight is 286 g/mol. The topological polar surface area (TPSA) is 42.2 Å². The van der Waals surface area contributed by atoms with Gasteiger partial charge in [0, 0.05) is 24.4 Å². The van der Waals surface area contributed by atoms with E-state index < -0.39 is 0 Å². The van der Waals surface area contributed by atoms with Crippen molar-refractivity contribution >= 4 is 11.3 Å². The van der Waals surface area contributed by atoms with Gasteiger partial charge in [0.2, 0.25) is 0 Å². The summed E-state index contributed by atoms with van der Waals surface area (Å²) in [4.78, 5) is 4.51. The molecule has 1 N–H and O–H groups in total. The molecule has 2 heterocycles. The normalized spacial score (nSPS) is 17.3. The fraction of sp³-hybridized carbons (Fsp3) is 0.647. The second kappa shape index (κ2) is 5.66. The number of fused-ring (bicyclic) bond motifs is 1. The zero-order chi connectivity index (χ0) is 14.9. The molecule has 1 aliphatic carbocycles. The van der Waals surface area contributed by atoms with Crippen molar-refractivity contribution in [3.05, 3.63) is 24.2 Å². The van der Waals surface area contributed by atoms with Crippen LogP contribution in [0.3, 0.4) is 0 Å². The molecule has 0 atom stereocenters. The first-order valence-corrected chi connectivity index (χ1v) is 8.13. The van der Waals surface area contributed by atoms with Crippen molar-refractivity contribution in [2.24, 2.45) is 5.92 Å². The van der Waals surface area contributed by atoms with Crippen molar-refractivity contribution in [2.45, 2.75) is 58.3 Å². The summed E-state index contributed by atoms with van der Waals surface area (Å²) in [7, 11) is 0. The van der Waals surface area contributed by atoms with Crippen LogP contribution < -0.4 is 5.32 Å². The SMILES string of the molecule is CC(C)(C)c1cc2c(NCC3CCCCC3)nccn2n1. The van der Waals surface area contributed by atoms with Gasteiger partial charge in [0.15, 0.2) is 5.82 Å². The van der Waals surface area contributed by atoms with Gasteiger partial charge in [-0.2, -0.15) is 5.10 Å². The highest BCUT2D eigenvalue weighted by molar-refractivity contribution is 5.68. The van der Waals surface area contributed by atoms with E-state index in [9.17, 15) is 0 Å². The number of hydrogen-bond donors (Lipinski definition) is 1. The van der Waals surface area contributed by atoms with E-state index in [1.54, 1.807) is 0 Å². The van der Waals surface area contributed by atoms with Gasteiger partial charge in [0.1, 0.15) is 5.52 Å². The summed E-state index contributed by atoms with van der Waals surface area (Å²) >= 11 is 0. The molecule has 2 aromatic rings. The maximum absolute atomic E-state index is 4.68. The maximum atomic E-state index is 4.68. The smallest absolute Gasteiger partial charge is 0.152 e. The molecule has 0 unspecified atom stereocenters. The lowest BCUT2D eigenvalue weighted by Crippen LogP contribution is -2.18. The Labute approximate surface area is 127 Å². The minimum absolute atomic E-state index is 0.0622. The summed E-state index contributed by atoms with van der Waals surface area (Å²) in [6.45, 7) is 7.61. The molecule has 3 rings (SSSR count). The molecule has 1 fully saturated rings. The molecule has 0 radical (unpaired) electrons. The molecule has 0 amide bonds. The van der Waals surface area contributed by atoms with Gasteiger partial charge in [-0.3, -0.25) is 0 Å². The van der Waals surface area contributed by atoms with E-state index in [-0.39, 0.29) is 5.41 Å². The van der Waals surface area contributed by atoms with Gasteiger partial charge >= 0.3 is 0 Å². The number of anilines is 1. The fourth-order valence-corrected chi connectivity index (χ4v) is 3.06. The van der Waals surface area contributed by atoms with Crippen LogP contribution in [-0.2, 0) is 5.41 Å². The Hall–Kier alpha value is -1.58. The van der Waals surface area contributed by atoms with Crippen LogP contribution in [0, 0.1) is 5.92 Å². The average Bonchev–Trinajstić information content (AvgIpc) is 2.91. The molecule has 4 heteroatoms. The lowest BCUT2D eigenvalue weighted by molar-refractivity contribution is 0.373. The van der Waals surface area contributed by atoms with Crippen molar-refractivity contribution in [1.29, 1.82) is 0 Å². The van der Waals surface area contributed by atoms with E-state index in [0.717, 1.165) is 29.5 Å². The maximum Gasteiger partial charge on any atom is 0.152 e. The van der Waals surface area contributed by atoms with Crippen LogP contribution in [0.4, 0.5) is 5.82 Å². The number of hydrogen-bond acceptors (Lipinski definition) is 3. The van der Waals surface area contributed by atoms with Crippen LogP contribution >= 0.6 is 0 Å². The number of aromatic nitrogens is 3. The predicted molar refractivity (Wildman–Crippen MR) is 86.8 cm³/mol. The first-order valence-electron chi connectivity index (χ1n) is 8.13. The lowest BCUT2D eigenvalue weighted by Gasteiger charge is -2.22. The van der Waals surface area contributed by atoms with Gasteiger partial charge in [-0.05, 0) is 24.8 Å². The molecule has 2 aromatic heterocycles. The third-order valence-corrected chi connectivity index (χ3v) is 4.44. The largest absolute Gasteiger partial charge is 0.368 e. The van der Waals surface area contributed by atoms with E-state index >= 15 is 0 Å². The molecule has 0 aliphatic heterocycles. The number of nitrogens with one attached hydrogen (secondary N) is 1. The molecule has 21 heavy (non-hydrogen) atoms. The van der Waals surface area contributed by atoms with Crippen LogP contribution in [0.15, 0.2) is 18.5 Å². The van der Waals surface area contributed by atoms with Gasteiger partial charge in [-0.1, -0.05) is 40.0 Å². The van der Waals surface area contributed by atoms with Crippen LogP contribution in [0.25, 0.3) is 5.52 Å². The summed E-state index contributed by atoms with van der Waals surface area (Å²) in [5.41, 5.74) is 2.25. The molecule has 1 aliphatic rings. The zero-order valence-corrected chi connectivity index (χ0v) is 13.4. The van der Waals surface area contributed by atoms with E-state index in [2.05, 4.69) is 42.2 Å². The summed E-state index contributed by atoms with van der Waals surface area (Å²) in [5, 5.41) is 8.23. The molecular weight excluding hydrogens is 260 g/mol. The van der Waals surface area contributed by atoms with Gasteiger partial charge in [0.25, 0.3) is 0 Å². The van der Waals surface area contributed by atoms with Gasteiger partial charge in [0.05, 0.1) is 5.69 Å². The first-order chi connectivity index (χ1) is 10.0. The number of rotatable bonds is 3. The highest BCUT2D eigenvalue weighted by Crippen LogP contribution is 2.26. The number of nitrogens with zero attached hydrogens (tertiary/aromatic N) is 3. The minimum Gasteiger partial charge on any atom is -0.368 e. The quantitative estimate of drug-likeness (QED) is 0.926. The van der Waals surface area contributed by atoms with Crippen molar-refractivity contribution in [2.75, 3.05) is 11.9 Å². The Morgan fingerprint density at radius 3 is 2.71 bits per heavy atom. The Kier molecular flexibility index (Phi) is 3.87. The van der Waals surface area contributed by atoms with E-state index in [0.29, 0.717) is 0 Å². The van der Waals surface area contributed by atoms with E-state index in [4.69, 9.17) is 0 Å². The summed E-state index contributed by atoms with van der Waals surface area (Å²) in [6, 6.07) is 2.16. The Morgan fingerprint density at radius 1 is 1.24 bits per heavy atom. The van der Waals surface area contributed by atoms with E-state index in [1.165, 1.54) is 32.1 Å². The van der Waals surface area contributed by atoms with Crippen LogP contribution in [0.5, 0.6) is 0 Å². The first kappa shape index (κ1) is 14.4. The molecule has 114 valence electrons. The Bertz CT molecular complexity index is 603.